The van der Waals surface area contributed by atoms with Crippen molar-refractivity contribution in [3.05, 3.63) is 215 Å². The first-order valence-corrected chi connectivity index (χ1v) is 22.6. The quantitative estimate of drug-likeness (QED) is 0.151. The van der Waals surface area contributed by atoms with Crippen LogP contribution in [0.1, 0.15) is 109 Å². The summed E-state index contributed by atoms with van der Waals surface area (Å²) in [5, 5.41) is 4.32. The summed E-state index contributed by atoms with van der Waals surface area (Å²) in [6.45, 7) is 22.8. The lowest BCUT2D eigenvalue weighted by Gasteiger charge is -2.32. The van der Waals surface area contributed by atoms with Gasteiger partial charge in [-0.1, -0.05) is 184 Å². The van der Waals surface area contributed by atoms with E-state index in [9.17, 15) is 0 Å². The minimum atomic E-state index is -0.404. The highest BCUT2D eigenvalue weighted by molar-refractivity contribution is 6.13. The van der Waals surface area contributed by atoms with Gasteiger partial charge in [0.1, 0.15) is 0 Å². The fourth-order valence-corrected chi connectivity index (χ4v) is 9.72. The van der Waals surface area contributed by atoms with Crippen molar-refractivity contribution >= 4 is 43.6 Å². The molecule has 2 nitrogen and oxygen atoms in total. The third-order valence-corrected chi connectivity index (χ3v) is 13.9. The van der Waals surface area contributed by atoms with E-state index >= 15 is 0 Å². The van der Waals surface area contributed by atoms with Crippen molar-refractivity contribution < 1.29 is 6.85 Å². The zero-order valence-corrected chi connectivity index (χ0v) is 38.8. The molecule has 0 saturated heterocycles. The minimum Gasteiger partial charge on any atom is -0.309 e. The summed E-state index contributed by atoms with van der Waals surface area (Å²) in [6.07, 6.45) is 0. The van der Waals surface area contributed by atoms with Gasteiger partial charge in [-0.25, -0.2) is 0 Å². The van der Waals surface area contributed by atoms with Crippen LogP contribution in [0.15, 0.2) is 182 Å². The second-order valence-electron chi connectivity index (χ2n) is 20.8. The van der Waals surface area contributed by atoms with E-state index in [2.05, 4.69) is 218 Å². The number of aromatic nitrogens is 2. The van der Waals surface area contributed by atoms with Crippen LogP contribution in [0.4, 0.5) is 0 Å². The van der Waals surface area contributed by atoms with Crippen LogP contribution in [-0.4, -0.2) is 9.13 Å². The molecule has 0 N–H and O–H groups in total. The van der Waals surface area contributed by atoms with E-state index < -0.39 is 6.04 Å². The molecule has 2 aromatic heterocycles. The molecule has 10 rings (SSSR count). The zero-order valence-electron chi connectivity index (χ0n) is 43.8. The monoisotopic (exact) mass is 838 g/mol. The van der Waals surface area contributed by atoms with Gasteiger partial charge >= 0.3 is 0 Å². The Morgan fingerprint density at radius 1 is 0.328 bits per heavy atom. The van der Waals surface area contributed by atoms with Crippen LogP contribution >= 0.6 is 0 Å². The second-order valence-corrected chi connectivity index (χ2v) is 20.8. The lowest BCUT2D eigenvalue weighted by atomic mass is 9.73. The highest BCUT2D eigenvalue weighted by Gasteiger charge is 2.30. The number of nitrogens with zero attached hydrogens (tertiary/aromatic N) is 2. The molecule has 0 saturated carbocycles. The molecule has 0 atom stereocenters. The van der Waals surface area contributed by atoms with Crippen molar-refractivity contribution in [2.75, 3.05) is 0 Å². The molecule has 0 aliphatic heterocycles. The van der Waals surface area contributed by atoms with E-state index in [4.69, 9.17) is 6.85 Å². The summed E-state index contributed by atoms with van der Waals surface area (Å²) in [4.78, 5) is 0. The third kappa shape index (κ3) is 6.96. The van der Waals surface area contributed by atoms with Crippen LogP contribution in [0.2, 0.25) is 0 Å². The maximum Gasteiger partial charge on any atom is 0.0629 e. The van der Waals surface area contributed by atoms with Gasteiger partial charge in [-0.2, -0.15) is 0 Å². The van der Waals surface area contributed by atoms with Crippen molar-refractivity contribution in [3.8, 4) is 22.5 Å². The summed E-state index contributed by atoms with van der Waals surface area (Å²) in [6, 6.07) is 53.4. The van der Waals surface area contributed by atoms with Crippen LogP contribution in [0, 0.1) is 0 Å². The second kappa shape index (κ2) is 15.0. The summed E-state index contributed by atoms with van der Waals surface area (Å²) in [5.74, 6) is 0. The molecule has 10 aromatic rings. The Morgan fingerprint density at radius 3 is 1.23 bits per heavy atom. The Hall–Kier alpha value is -6.64. The Kier molecular flexibility index (Phi) is 8.38. The molecule has 0 aliphatic rings. The average molecular weight is 838 g/mol. The van der Waals surface area contributed by atoms with Gasteiger partial charge in [0.05, 0.1) is 28.9 Å². The van der Waals surface area contributed by atoms with Gasteiger partial charge in [0.2, 0.25) is 0 Å². The van der Waals surface area contributed by atoms with Crippen molar-refractivity contribution in [1.82, 2.24) is 9.13 Å². The first-order valence-electron chi connectivity index (χ1n) is 25.1. The van der Waals surface area contributed by atoms with Crippen LogP contribution in [0.5, 0.6) is 0 Å². The van der Waals surface area contributed by atoms with Crippen LogP contribution in [0.3, 0.4) is 0 Å². The molecule has 0 fully saturated rings. The molecule has 0 unspecified atom stereocenters. The predicted molar refractivity (Wildman–Crippen MR) is 275 cm³/mol. The maximum atomic E-state index is 9.00. The molecule has 318 valence electrons. The summed E-state index contributed by atoms with van der Waals surface area (Å²) < 4.78 is 48.3. The normalized spacial score (nSPS) is 13.9. The lowest BCUT2D eigenvalue weighted by molar-refractivity contribution is 0.590. The molecule has 8 aromatic carbocycles. The van der Waals surface area contributed by atoms with Crippen LogP contribution in [0.25, 0.3) is 66.1 Å². The molecule has 0 radical (unpaired) electrons. The third-order valence-electron chi connectivity index (χ3n) is 13.9. The zero-order chi connectivity index (χ0) is 49.1. The van der Waals surface area contributed by atoms with E-state index in [-0.39, 0.29) is 51.4 Å². The number of hydrogen-bond donors (Lipinski definition) is 0. The van der Waals surface area contributed by atoms with Crippen molar-refractivity contribution in [3.63, 3.8) is 0 Å². The van der Waals surface area contributed by atoms with Gasteiger partial charge < -0.3 is 9.13 Å². The Morgan fingerprint density at radius 2 is 0.750 bits per heavy atom. The summed E-state index contributed by atoms with van der Waals surface area (Å²) in [5.41, 5.74) is 13.5. The fraction of sp³-hybridized carbons (Fsp3) is 0.226. The van der Waals surface area contributed by atoms with Gasteiger partial charge in [-0.15, -0.1) is 0 Å². The number of hydrogen-bond acceptors (Lipinski definition) is 0. The standard InChI is InChI=1S/C62H60N2/c1-59(2,3)45-27-31-56-52(38-45)53-39-46(60(4,5)6)28-32-57(53)63(56)49-29-33-58-54(40-49)51-34-42(41-20-14-11-15-21-41)26-30-55(51)64(58)50-36-47(61(7,8)43-22-16-12-17-23-43)35-48(37-50)62(9,10)44-24-18-13-19-25-44/h11-40H,1-10H3/i11D,14D,15D,20D,21D. The largest absolute Gasteiger partial charge is 0.309 e. The predicted octanol–water partition coefficient (Wildman–Crippen LogP) is 16.8. The number of benzene rings is 8. The highest BCUT2D eigenvalue weighted by atomic mass is 15.0. The fourth-order valence-electron chi connectivity index (χ4n) is 9.72. The molecule has 64 heavy (non-hydrogen) atoms. The first kappa shape index (κ1) is 35.8. The van der Waals surface area contributed by atoms with Crippen LogP contribution < -0.4 is 0 Å². The Labute approximate surface area is 386 Å². The lowest BCUT2D eigenvalue weighted by Crippen LogP contribution is -2.23. The van der Waals surface area contributed by atoms with E-state index in [0.29, 0.717) is 5.56 Å². The van der Waals surface area contributed by atoms with Crippen molar-refractivity contribution in [2.45, 2.75) is 90.9 Å². The van der Waals surface area contributed by atoms with Gasteiger partial charge in [0.15, 0.2) is 0 Å². The van der Waals surface area contributed by atoms with E-state index in [1.165, 1.54) is 44.2 Å². The van der Waals surface area contributed by atoms with Crippen molar-refractivity contribution in [1.29, 1.82) is 0 Å². The van der Waals surface area contributed by atoms with Crippen LogP contribution in [-0.2, 0) is 21.7 Å². The van der Waals surface area contributed by atoms with E-state index in [0.717, 1.165) is 44.2 Å². The Balaban J connectivity index is 1.30. The van der Waals surface area contributed by atoms with E-state index in [1.54, 1.807) is 0 Å². The number of fused-ring (bicyclic) bond motifs is 6. The summed E-state index contributed by atoms with van der Waals surface area (Å²) in [7, 11) is 0. The van der Waals surface area contributed by atoms with Gasteiger partial charge in [0.25, 0.3) is 0 Å². The molecule has 0 spiro atoms. The first-order chi connectivity index (χ1) is 32.6. The molecule has 0 amide bonds. The van der Waals surface area contributed by atoms with Crippen molar-refractivity contribution in [2.24, 2.45) is 0 Å². The number of rotatable bonds is 7. The van der Waals surface area contributed by atoms with E-state index in [1.807, 2.05) is 12.1 Å². The Bertz CT molecular complexity index is 3500. The summed E-state index contributed by atoms with van der Waals surface area (Å²) >= 11 is 0. The smallest absolute Gasteiger partial charge is 0.0629 e. The molecule has 0 bridgehead atoms. The molecular weight excluding hydrogens is 773 g/mol. The molecule has 2 heteroatoms. The van der Waals surface area contributed by atoms with Gasteiger partial charge in [-0.05, 0) is 122 Å². The molecular formula is C62H60N2. The molecule has 2 heterocycles. The highest BCUT2D eigenvalue weighted by Crippen LogP contribution is 2.43. The minimum absolute atomic E-state index is 0.0350. The van der Waals surface area contributed by atoms with Gasteiger partial charge in [0, 0.05) is 43.7 Å². The maximum absolute atomic E-state index is 9.00. The molecule has 0 aliphatic carbocycles. The average Bonchev–Trinajstić information content (AvgIpc) is 3.84. The van der Waals surface area contributed by atoms with Gasteiger partial charge in [-0.3, -0.25) is 0 Å². The topological polar surface area (TPSA) is 9.86 Å². The SMILES string of the molecule is [2H]c1c([2H])c([2H])c(-c2ccc3c(c2)c2cc(-n4c5ccc(C(C)(C)C)cc5c5cc(C(C)(C)C)ccc54)ccc2n3-c2cc(C(C)(C)c3ccccc3)cc(C(C)(C)c3ccccc3)c2)c([2H])c1[2H].